The Bertz CT molecular complexity index is 1810. The molecule has 41 heavy (non-hydrogen) atoms. The number of hydrogen-bond donors (Lipinski definition) is 1. The molecule has 0 aliphatic carbocycles. The SMILES string of the molecule is CCOc1cc(C=Nn2c(-c3ccccc3)nc3ccccc3c2=O)cc(Cl)c1OCC(=O)Nc1cccc(F)c1. The Morgan fingerprint density at radius 3 is 2.59 bits per heavy atom. The first-order valence-corrected chi connectivity index (χ1v) is 13.1. The Morgan fingerprint density at radius 1 is 1.02 bits per heavy atom. The highest BCUT2D eigenvalue weighted by molar-refractivity contribution is 6.32. The molecular formula is C31H24ClFN4O4. The summed E-state index contributed by atoms with van der Waals surface area (Å²) in [6.45, 7) is 1.71. The molecule has 8 nitrogen and oxygen atoms in total. The second kappa shape index (κ2) is 12.4. The van der Waals surface area contributed by atoms with Crippen molar-refractivity contribution in [1.29, 1.82) is 0 Å². The van der Waals surface area contributed by atoms with Gasteiger partial charge < -0.3 is 14.8 Å². The van der Waals surface area contributed by atoms with Gasteiger partial charge in [0, 0.05) is 11.3 Å². The van der Waals surface area contributed by atoms with E-state index in [2.05, 4.69) is 10.4 Å². The summed E-state index contributed by atoms with van der Waals surface area (Å²) < 4.78 is 26.1. The zero-order valence-electron chi connectivity index (χ0n) is 21.9. The number of fused-ring (bicyclic) bond motifs is 1. The van der Waals surface area contributed by atoms with Crippen LogP contribution in [0.3, 0.4) is 0 Å². The molecule has 1 amide bonds. The van der Waals surface area contributed by atoms with E-state index in [1.807, 2.05) is 36.4 Å². The first-order valence-electron chi connectivity index (χ1n) is 12.7. The number of nitrogens with zero attached hydrogens (tertiary/aromatic N) is 3. The van der Waals surface area contributed by atoms with Gasteiger partial charge in [-0.2, -0.15) is 9.78 Å². The topological polar surface area (TPSA) is 94.8 Å². The summed E-state index contributed by atoms with van der Waals surface area (Å²) in [6.07, 6.45) is 1.47. The highest BCUT2D eigenvalue weighted by Crippen LogP contribution is 2.36. The summed E-state index contributed by atoms with van der Waals surface area (Å²) in [7, 11) is 0. The molecule has 10 heteroatoms. The molecule has 0 spiro atoms. The Morgan fingerprint density at radius 2 is 1.80 bits per heavy atom. The number of carbonyl (C=O) groups is 1. The lowest BCUT2D eigenvalue weighted by Crippen LogP contribution is -2.20. The summed E-state index contributed by atoms with van der Waals surface area (Å²) >= 11 is 6.52. The minimum Gasteiger partial charge on any atom is -0.490 e. The molecule has 0 saturated heterocycles. The van der Waals surface area contributed by atoms with Gasteiger partial charge in [-0.15, -0.1) is 0 Å². The quantitative estimate of drug-likeness (QED) is 0.214. The Hall–Kier alpha value is -5.02. The summed E-state index contributed by atoms with van der Waals surface area (Å²) in [5.41, 5.74) is 1.78. The average Bonchev–Trinajstić information content (AvgIpc) is 2.97. The molecule has 0 aliphatic heterocycles. The number of anilines is 1. The molecule has 5 rings (SSSR count). The lowest BCUT2D eigenvalue weighted by atomic mass is 10.2. The third kappa shape index (κ3) is 6.42. The van der Waals surface area contributed by atoms with Crippen LogP contribution in [0.4, 0.5) is 10.1 Å². The van der Waals surface area contributed by atoms with Crippen molar-refractivity contribution in [1.82, 2.24) is 9.66 Å². The third-order valence-electron chi connectivity index (χ3n) is 5.90. The van der Waals surface area contributed by atoms with E-state index in [0.29, 0.717) is 34.6 Å². The maximum Gasteiger partial charge on any atom is 0.282 e. The van der Waals surface area contributed by atoms with E-state index in [1.54, 1.807) is 43.3 Å². The standard InChI is InChI=1S/C31H24ClFN4O4/c1-2-40-27-16-20(15-25(32)29(27)41-19-28(38)35-23-12-8-11-22(33)17-23)18-34-37-30(21-9-4-3-5-10-21)36-26-14-7-6-13-24(26)31(37)39/h3-18H,2,19H2,1H3,(H,35,38). The van der Waals surface area contributed by atoms with Crippen molar-refractivity contribution in [3.63, 3.8) is 0 Å². The number of halogens is 2. The molecule has 0 unspecified atom stereocenters. The van der Waals surface area contributed by atoms with Crippen LogP contribution in [-0.4, -0.2) is 35.0 Å². The molecular weight excluding hydrogens is 547 g/mol. The number of benzene rings is 4. The molecule has 1 heterocycles. The number of nitrogens with one attached hydrogen (secondary N) is 1. The number of amides is 1. The monoisotopic (exact) mass is 570 g/mol. The van der Waals surface area contributed by atoms with Crippen LogP contribution in [0.5, 0.6) is 11.5 Å². The Balaban J connectivity index is 1.44. The second-order valence-electron chi connectivity index (χ2n) is 8.79. The molecule has 0 bridgehead atoms. The van der Waals surface area contributed by atoms with E-state index in [0.717, 1.165) is 5.56 Å². The smallest absolute Gasteiger partial charge is 0.282 e. The fourth-order valence-electron chi connectivity index (χ4n) is 4.10. The number of rotatable bonds is 9. The molecule has 0 atom stereocenters. The Labute approximate surface area is 239 Å². The maximum absolute atomic E-state index is 13.4. The number of para-hydroxylation sites is 1. The average molecular weight is 571 g/mol. The van der Waals surface area contributed by atoms with Gasteiger partial charge in [0.25, 0.3) is 11.5 Å². The number of aromatic nitrogens is 2. The van der Waals surface area contributed by atoms with E-state index >= 15 is 0 Å². The van der Waals surface area contributed by atoms with Crippen LogP contribution in [0.1, 0.15) is 12.5 Å². The van der Waals surface area contributed by atoms with Crippen molar-refractivity contribution in [3.8, 4) is 22.9 Å². The molecule has 5 aromatic rings. The van der Waals surface area contributed by atoms with E-state index in [9.17, 15) is 14.0 Å². The predicted molar refractivity (Wildman–Crippen MR) is 158 cm³/mol. The van der Waals surface area contributed by atoms with E-state index < -0.39 is 11.7 Å². The van der Waals surface area contributed by atoms with Gasteiger partial charge in [0.1, 0.15) is 5.82 Å². The van der Waals surface area contributed by atoms with Crippen molar-refractivity contribution in [2.24, 2.45) is 5.10 Å². The van der Waals surface area contributed by atoms with E-state index in [4.69, 9.17) is 26.1 Å². The maximum atomic E-state index is 13.4. The van der Waals surface area contributed by atoms with Crippen LogP contribution in [0.15, 0.2) is 101 Å². The fourth-order valence-corrected chi connectivity index (χ4v) is 4.37. The normalized spacial score (nSPS) is 11.1. The van der Waals surface area contributed by atoms with Gasteiger partial charge >= 0.3 is 0 Å². The van der Waals surface area contributed by atoms with E-state index in [-0.39, 0.29) is 28.7 Å². The van der Waals surface area contributed by atoms with Crippen LogP contribution < -0.4 is 20.3 Å². The first-order chi connectivity index (χ1) is 19.9. The summed E-state index contributed by atoms with van der Waals surface area (Å²) in [4.78, 5) is 30.5. The minimum atomic E-state index is -0.503. The van der Waals surface area contributed by atoms with Crippen LogP contribution in [-0.2, 0) is 4.79 Å². The highest BCUT2D eigenvalue weighted by Gasteiger charge is 2.16. The van der Waals surface area contributed by atoms with Gasteiger partial charge in [-0.1, -0.05) is 60.1 Å². The van der Waals surface area contributed by atoms with Crippen molar-refractivity contribution >= 4 is 40.3 Å². The Kier molecular flexibility index (Phi) is 8.36. The van der Waals surface area contributed by atoms with Crippen LogP contribution >= 0.6 is 11.6 Å². The molecule has 0 radical (unpaired) electrons. The summed E-state index contributed by atoms with van der Waals surface area (Å²) in [6, 6.07) is 25.1. The second-order valence-corrected chi connectivity index (χ2v) is 9.20. The molecule has 0 fully saturated rings. The molecule has 1 aromatic heterocycles. The van der Waals surface area contributed by atoms with Crippen LogP contribution in [0, 0.1) is 5.82 Å². The third-order valence-corrected chi connectivity index (χ3v) is 6.18. The van der Waals surface area contributed by atoms with Gasteiger partial charge in [-0.3, -0.25) is 9.59 Å². The van der Waals surface area contributed by atoms with Crippen molar-refractivity contribution in [2.45, 2.75) is 6.92 Å². The van der Waals surface area contributed by atoms with Crippen molar-refractivity contribution in [2.75, 3.05) is 18.5 Å². The zero-order chi connectivity index (χ0) is 28.8. The zero-order valence-corrected chi connectivity index (χ0v) is 22.6. The number of carbonyl (C=O) groups excluding carboxylic acids is 1. The lowest BCUT2D eigenvalue weighted by molar-refractivity contribution is -0.118. The highest BCUT2D eigenvalue weighted by atomic mass is 35.5. The summed E-state index contributed by atoms with van der Waals surface area (Å²) in [5, 5.41) is 7.63. The van der Waals surface area contributed by atoms with Gasteiger partial charge in [0.05, 0.1) is 28.7 Å². The fraction of sp³-hybridized carbons (Fsp3) is 0.0968. The molecule has 0 aliphatic rings. The van der Waals surface area contributed by atoms with Crippen LogP contribution in [0.2, 0.25) is 5.02 Å². The molecule has 0 saturated carbocycles. The lowest BCUT2D eigenvalue weighted by Gasteiger charge is -2.14. The van der Waals surface area contributed by atoms with Crippen LogP contribution in [0.25, 0.3) is 22.3 Å². The number of ether oxygens (including phenoxy) is 2. The molecule has 1 N–H and O–H groups in total. The summed E-state index contributed by atoms with van der Waals surface area (Å²) in [5.74, 6) is -0.149. The molecule has 4 aromatic carbocycles. The van der Waals surface area contributed by atoms with Gasteiger partial charge in [0.2, 0.25) is 0 Å². The first kappa shape index (κ1) is 27.5. The predicted octanol–water partition coefficient (Wildman–Crippen LogP) is 6.15. The van der Waals surface area contributed by atoms with Gasteiger partial charge in [-0.05, 0) is 55.0 Å². The van der Waals surface area contributed by atoms with Crippen molar-refractivity contribution < 1.29 is 18.7 Å². The van der Waals surface area contributed by atoms with Gasteiger partial charge in [0.15, 0.2) is 23.9 Å². The minimum absolute atomic E-state index is 0.162. The largest absolute Gasteiger partial charge is 0.490 e. The van der Waals surface area contributed by atoms with Gasteiger partial charge in [-0.25, -0.2) is 9.37 Å². The number of hydrogen-bond acceptors (Lipinski definition) is 6. The molecule has 206 valence electrons. The van der Waals surface area contributed by atoms with Crippen molar-refractivity contribution in [3.05, 3.63) is 118 Å². The van der Waals surface area contributed by atoms with E-state index in [1.165, 1.54) is 29.1 Å².